The molecule has 0 aromatic carbocycles. The van der Waals surface area contributed by atoms with Gasteiger partial charge in [0.15, 0.2) is 0 Å². The molecule has 0 aromatic heterocycles. The molecule has 0 amide bonds. The molecule has 0 saturated heterocycles. The van der Waals surface area contributed by atoms with Crippen molar-refractivity contribution in [3.05, 3.63) is 0 Å². The Morgan fingerprint density at radius 2 is 1.80 bits per heavy atom. The van der Waals surface area contributed by atoms with Crippen molar-refractivity contribution in [1.29, 1.82) is 0 Å². The average Bonchev–Trinajstić information content (AvgIpc) is 2.47. The summed E-state index contributed by atoms with van der Waals surface area (Å²) in [6, 6.07) is 0. The summed E-state index contributed by atoms with van der Waals surface area (Å²) >= 11 is 0. The minimum absolute atomic E-state index is 0.0214. The van der Waals surface area contributed by atoms with Crippen LogP contribution in [-0.4, -0.2) is 11.6 Å². The van der Waals surface area contributed by atoms with Crippen molar-refractivity contribution in [2.45, 2.75) is 91.1 Å². The van der Waals surface area contributed by atoms with Crippen molar-refractivity contribution in [2.75, 3.05) is 0 Å². The van der Waals surface area contributed by atoms with Gasteiger partial charge in [0.05, 0.1) is 5.41 Å². The third kappa shape index (κ3) is 2.89. The lowest BCUT2D eigenvalue weighted by Gasteiger charge is -2.50. The van der Waals surface area contributed by atoms with Crippen LogP contribution in [0.25, 0.3) is 0 Å². The number of carbonyl (C=O) groups excluding carboxylic acids is 1. The predicted molar refractivity (Wildman–Crippen MR) is 82.5 cm³/mol. The molecular weight excluding hydrogens is 248 g/mol. The second-order valence-electron chi connectivity index (χ2n) is 7.59. The first-order valence-corrected chi connectivity index (χ1v) is 8.68. The van der Waals surface area contributed by atoms with E-state index in [1.165, 1.54) is 38.5 Å². The number of hydrogen-bond acceptors (Lipinski definition) is 2. The van der Waals surface area contributed by atoms with Crippen LogP contribution in [0.3, 0.4) is 0 Å². The third-order valence-electron chi connectivity index (χ3n) is 6.09. The molecule has 0 aliphatic heterocycles. The van der Waals surface area contributed by atoms with Crippen molar-refractivity contribution in [3.63, 3.8) is 0 Å². The molecule has 20 heavy (non-hydrogen) atoms. The molecule has 2 fully saturated rings. The summed E-state index contributed by atoms with van der Waals surface area (Å²) in [5.41, 5.74) is -0.503. The van der Waals surface area contributed by atoms with Crippen molar-refractivity contribution < 1.29 is 9.53 Å². The van der Waals surface area contributed by atoms with Gasteiger partial charge < -0.3 is 4.74 Å². The summed E-state index contributed by atoms with van der Waals surface area (Å²) in [7, 11) is 0. The number of hydrogen-bond donors (Lipinski definition) is 0. The maximum Gasteiger partial charge on any atom is 0.312 e. The van der Waals surface area contributed by atoms with E-state index in [2.05, 4.69) is 13.8 Å². The molecule has 3 unspecified atom stereocenters. The molecule has 0 radical (unpaired) electrons. The standard InChI is InChI=1S/C18H32O2/c1-5-17(3,4)16(19)20-18(6-2)13-9-11-14-10-7-8-12-15(14)18/h14-15H,5-13H2,1-4H3. The van der Waals surface area contributed by atoms with Gasteiger partial charge in [0.2, 0.25) is 0 Å². The van der Waals surface area contributed by atoms with Gasteiger partial charge in [0.25, 0.3) is 0 Å². The second kappa shape index (κ2) is 6.07. The molecule has 0 N–H and O–H groups in total. The molecule has 0 heterocycles. The highest BCUT2D eigenvalue weighted by Crippen LogP contribution is 2.50. The number of ether oxygens (including phenoxy) is 1. The summed E-state index contributed by atoms with van der Waals surface area (Å²) in [6.07, 6.45) is 10.8. The first-order valence-electron chi connectivity index (χ1n) is 8.68. The molecule has 3 atom stereocenters. The first kappa shape index (κ1) is 15.9. The molecular formula is C18H32O2. The molecule has 0 spiro atoms. The van der Waals surface area contributed by atoms with Crippen molar-refractivity contribution in [2.24, 2.45) is 17.3 Å². The predicted octanol–water partition coefficient (Wildman–Crippen LogP) is 5.10. The zero-order chi connectivity index (χ0) is 14.8. The van der Waals surface area contributed by atoms with Gasteiger partial charge in [0, 0.05) is 5.92 Å². The van der Waals surface area contributed by atoms with E-state index < -0.39 is 0 Å². The molecule has 2 heteroatoms. The summed E-state index contributed by atoms with van der Waals surface area (Å²) < 4.78 is 6.21. The van der Waals surface area contributed by atoms with Crippen LogP contribution in [0.15, 0.2) is 0 Å². The Morgan fingerprint density at radius 1 is 1.15 bits per heavy atom. The number of fused-ring (bicyclic) bond motifs is 1. The van der Waals surface area contributed by atoms with Crippen LogP contribution in [-0.2, 0) is 9.53 Å². The highest BCUT2D eigenvalue weighted by molar-refractivity contribution is 5.76. The lowest BCUT2D eigenvalue weighted by Crippen LogP contribution is -2.50. The van der Waals surface area contributed by atoms with Gasteiger partial charge >= 0.3 is 5.97 Å². The minimum Gasteiger partial charge on any atom is -0.458 e. The molecule has 116 valence electrons. The Morgan fingerprint density at radius 3 is 2.45 bits per heavy atom. The van der Waals surface area contributed by atoms with E-state index >= 15 is 0 Å². The van der Waals surface area contributed by atoms with Gasteiger partial charge in [-0.25, -0.2) is 0 Å². The molecule has 2 aliphatic rings. The average molecular weight is 280 g/mol. The maximum atomic E-state index is 12.6. The maximum absolute atomic E-state index is 12.6. The van der Waals surface area contributed by atoms with Gasteiger partial charge in [-0.3, -0.25) is 4.79 Å². The molecule has 2 nitrogen and oxygen atoms in total. The van der Waals surface area contributed by atoms with Gasteiger partial charge in [0.1, 0.15) is 5.60 Å². The fourth-order valence-corrected chi connectivity index (χ4v) is 4.20. The van der Waals surface area contributed by atoms with Crippen LogP contribution in [0, 0.1) is 17.3 Å². The van der Waals surface area contributed by atoms with Crippen molar-refractivity contribution >= 4 is 5.97 Å². The van der Waals surface area contributed by atoms with E-state index in [0.717, 1.165) is 25.2 Å². The van der Waals surface area contributed by atoms with Gasteiger partial charge in [-0.1, -0.05) is 33.1 Å². The first-order chi connectivity index (χ1) is 9.45. The summed E-state index contributed by atoms with van der Waals surface area (Å²) in [5, 5.41) is 0. The van der Waals surface area contributed by atoms with Crippen LogP contribution in [0.4, 0.5) is 0 Å². The molecule has 0 bridgehead atoms. The summed E-state index contributed by atoms with van der Waals surface area (Å²) in [6.45, 7) is 8.31. The van der Waals surface area contributed by atoms with Crippen LogP contribution < -0.4 is 0 Å². The SMILES string of the molecule is CCC(C)(C)C(=O)OC1(CC)CCCC2CCCCC21. The summed E-state index contributed by atoms with van der Waals surface area (Å²) in [5.74, 6) is 1.44. The van der Waals surface area contributed by atoms with Crippen LogP contribution in [0.2, 0.25) is 0 Å². The number of carbonyl (C=O) groups is 1. The largest absolute Gasteiger partial charge is 0.458 e. The quantitative estimate of drug-likeness (QED) is 0.669. The Labute approximate surface area is 124 Å². The number of esters is 1. The van der Waals surface area contributed by atoms with E-state index in [9.17, 15) is 4.79 Å². The second-order valence-corrected chi connectivity index (χ2v) is 7.59. The molecule has 2 saturated carbocycles. The van der Waals surface area contributed by atoms with Gasteiger partial charge in [-0.05, 0) is 58.3 Å². The smallest absolute Gasteiger partial charge is 0.312 e. The fraction of sp³-hybridized carbons (Fsp3) is 0.944. The van der Waals surface area contributed by atoms with E-state index in [4.69, 9.17) is 4.74 Å². The monoisotopic (exact) mass is 280 g/mol. The molecule has 0 aromatic rings. The Kier molecular flexibility index (Phi) is 4.81. The number of rotatable bonds is 4. The molecule has 2 aliphatic carbocycles. The Balaban J connectivity index is 2.17. The van der Waals surface area contributed by atoms with Crippen LogP contribution in [0.5, 0.6) is 0 Å². The fourth-order valence-electron chi connectivity index (χ4n) is 4.20. The molecule has 2 rings (SSSR count). The zero-order valence-corrected chi connectivity index (χ0v) is 13.8. The van der Waals surface area contributed by atoms with E-state index in [-0.39, 0.29) is 17.0 Å². The topological polar surface area (TPSA) is 26.3 Å². The van der Waals surface area contributed by atoms with E-state index in [1.54, 1.807) is 0 Å². The van der Waals surface area contributed by atoms with Gasteiger partial charge in [-0.15, -0.1) is 0 Å². The normalized spacial score (nSPS) is 34.4. The van der Waals surface area contributed by atoms with Gasteiger partial charge in [-0.2, -0.15) is 0 Å². The Hall–Kier alpha value is -0.530. The van der Waals surface area contributed by atoms with E-state index in [0.29, 0.717) is 5.92 Å². The zero-order valence-electron chi connectivity index (χ0n) is 13.8. The lowest BCUT2D eigenvalue weighted by atomic mass is 9.62. The van der Waals surface area contributed by atoms with Crippen molar-refractivity contribution in [3.8, 4) is 0 Å². The highest BCUT2D eigenvalue weighted by atomic mass is 16.6. The minimum atomic E-state index is -0.343. The van der Waals surface area contributed by atoms with Crippen LogP contribution in [0.1, 0.15) is 85.5 Å². The lowest BCUT2D eigenvalue weighted by molar-refractivity contribution is -0.189. The highest BCUT2D eigenvalue weighted by Gasteiger charge is 2.49. The summed E-state index contributed by atoms with van der Waals surface area (Å²) in [4.78, 5) is 12.6. The Bertz CT molecular complexity index is 345. The van der Waals surface area contributed by atoms with E-state index in [1.807, 2.05) is 13.8 Å². The third-order valence-corrected chi connectivity index (χ3v) is 6.09. The van der Waals surface area contributed by atoms with Crippen LogP contribution >= 0.6 is 0 Å². The van der Waals surface area contributed by atoms with Crippen molar-refractivity contribution in [1.82, 2.24) is 0 Å².